The Balaban J connectivity index is 1.90. The van der Waals surface area contributed by atoms with Gasteiger partial charge in [-0.25, -0.2) is 4.79 Å². The lowest BCUT2D eigenvalue weighted by molar-refractivity contribution is 0.121. The predicted molar refractivity (Wildman–Crippen MR) is 90.2 cm³/mol. The molecule has 1 fully saturated rings. The van der Waals surface area contributed by atoms with Gasteiger partial charge in [0, 0.05) is 32.3 Å². The smallest absolute Gasteiger partial charge is 0.317 e. The van der Waals surface area contributed by atoms with Gasteiger partial charge in [0.2, 0.25) is 0 Å². The van der Waals surface area contributed by atoms with E-state index in [1.54, 1.807) is 0 Å². The summed E-state index contributed by atoms with van der Waals surface area (Å²) in [5.74, 6) is 0. The number of hydrogen-bond donors (Lipinski definition) is 1. The van der Waals surface area contributed by atoms with Crippen LogP contribution in [0.3, 0.4) is 0 Å². The van der Waals surface area contributed by atoms with Crippen molar-refractivity contribution in [1.29, 1.82) is 0 Å². The van der Waals surface area contributed by atoms with E-state index in [2.05, 4.69) is 25.2 Å². The van der Waals surface area contributed by atoms with E-state index in [1.165, 1.54) is 0 Å². The highest BCUT2D eigenvalue weighted by Gasteiger charge is 2.22. The summed E-state index contributed by atoms with van der Waals surface area (Å²) in [5, 5.41) is 3.03. The molecule has 2 amide bonds. The third-order valence-electron chi connectivity index (χ3n) is 4.10. The summed E-state index contributed by atoms with van der Waals surface area (Å²) in [5.41, 5.74) is 2.24. The first-order valence-corrected chi connectivity index (χ1v) is 8.49. The van der Waals surface area contributed by atoms with Crippen LogP contribution >= 0.6 is 0 Å². The number of carbonyl (C=O) groups is 1. The van der Waals surface area contributed by atoms with Gasteiger partial charge >= 0.3 is 6.03 Å². The van der Waals surface area contributed by atoms with Crippen LogP contribution < -0.4 is 5.32 Å². The average molecular weight is 320 g/mol. The Bertz CT molecular complexity index is 493. The second-order valence-electron chi connectivity index (χ2n) is 5.92. The topological polar surface area (TPSA) is 50.8 Å². The maximum atomic E-state index is 12.4. The molecule has 1 aliphatic heterocycles. The van der Waals surface area contributed by atoms with Crippen LogP contribution in [0.25, 0.3) is 0 Å². The van der Waals surface area contributed by atoms with Crippen LogP contribution in [0.15, 0.2) is 24.3 Å². The molecule has 1 aromatic carbocycles. The molecule has 1 aromatic rings. The molecule has 0 radical (unpaired) electrons. The van der Waals surface area contributed by atoms with E-state index in [4.69, 9.17) is 9.47 Å². The minimum Gasteiger partial charge on any atom is -0.380 e. The molecular formula is C18H28N2O3. The van der Waals surface area contributed by atoms with Gasteiger partial charge in [-0.2, -0.15) is 0 Å². The summed E-state index contributed by atoms with van der Waals surface area (Å²) in [6.07, 6.45) is 1.89. The van der Waals surface area contributed by atoms with Crippen LogP contribution in [-0.4, -0.2) is 43.3 Å². The summed E-state index contributed by atoms with van der Waals surface area (Å²) >= 11 is 0. The lowest BCUT2D eigenvalue weighted by Gasteiger charge is -2.26. The molecular weight excluding hydrogens is 292 g/mol. The highest BCUT2D eigenvalue weighted by atomic mass is 16.5. The third kappa shape index (κ3) is 5.52. The van der Waals surface area contributed by atoms with E-state index < -0.39 is 0 Å². The molecule has 0 saturated carbocycles. The van der Waals surface area contributed by atoms with E-state index in [-0.39, 0.29) is 12.1 Å². The molecule has 2 rings (SSSR count). The number of hydrogen-bond acceptors (Lipinski definition) is 3. The van der Waals surface area contributed by atoms with Crippen LogP contribution in [0, 0.1) is 0 Å². The normalized spacial score (nSPS) is 18.5. The molecule has 128 valence electrons. The summed E-state index contributed by atoms with van der Waals surface area (Å²) in [4.78, 5) is 14.3. The number of carbonyl (C=O) groups excluding carboxylic acids is 1. The molecule has 0 bridgehead atoms. The average Bonchev–Trinajstić information content (AvgIpc) is 2.78. The van der Waals surface area contributed by atoms with Crippen molar-refractivity contribution in [3.05, 3.63) is 35.4 Å². The second-order valence-corrected chi connectivity index (χ2v) is 5.92. The molecule has 1 saturated heterocycles. The first kappa shape index (κ1) is 17.8. The van der Waals surface area contributed by atoms with Crippen LogP contribution in [0.2, 0.25) is 0 Å². The highest BCUT2D eigenvalue weighted by Crippen LogP contribution is 2.12. The highest BCUT2D eigenvalue weighted by molar-refractivity contribution is 5.74. The fraction of sp³-hybridized carbons (Fsp3) is 0.611. The van der Waals surface area contributed by atoms with E-state index in [0.29, 0.717) is 26.3 Å². The Morgan fingerprint density at radius 1 is 1.35 bits per heavy atom. The molecule has 23 heavy (non-hydrogen) atoms. The van der Waals surface area contributed by atoms with Crippen molar-refractivity contribution in [2.75, 3.05) is 26.4 Å². The first-order valence-electron chi connectivity index (χ1n) is 8.49. The molecule has 1 atom stereocenters. The Morgan fingerprint density at radius 2 is 2.13 bits per heavy atom. The maximum Gasteiger partial charge on any atom is 0.317 e. The molecule has 1 N–H and O–H groups in total. The Labute approximate surface area is 139 Å². The van der Waals surface area contributed by atoms with Crippen LogP contribution in [0.5, 0.6) is 0 Å². The summed E-state index contributed by atoms with van der Waals surface area (Å²) < 4.78 is 11.1. The third-order valence-corrected chi connectivity index (χ3v) is 4.10. The Morgan fingerprint density at radius 3 is 2.91 bits per heavy atom. The lowest BCUT2D eigenvalue weighted by Crippen LogP contribution is -2.45. The van der Waals surface area contributed by atoms with Gasteiger partial charge in [0.1, 0.15) is 0 Å². The zero-order chi connectivity index (χ0) is 16.5. The van der Waals surface area contributed by atoms with Crippen molar-refractivity contribution >= 4 is 6.03 Å². The largest absolute Gasteiger partial charge is 0.380 e. The minimum absolute atomic E-state index is 0.0210. The molecule has 0 aliphatic carbocycles. The number of nitrogens with zero attached hydrogens (tertiary/aromatic N) is 1. The minimum atomic E-state index is -0.0210. The molecule has 1 heterocycles. The Kier molecular flexibility index (Phi) is 7.36. The van der Waals surface area contributed by atoms with Crippen LogP contribution in [0.4, 0.5) is 4.79 Å². The van der Waals surface area contributed by atoms with Crippen molar-refractivity contribution in [2.24, 2.45) is 0 Å². The van der Waals surface area contributed by atoms with E-state index in [1.807, 2.05) is 23.1 Å². The number of nitrogens with one attached hydrogen (secondary N) is 1. The number of amides is 2. The van der Waals surface area contributed by atoms with Gasteiger partial charge in [0.15, 0.2) is 0 Å². The van der Waals surface area contributed by atoms with Crippen molar-refractivity contribution in [3.8, 4) is 0 Å². The quantitative estimate of drug-likeness (QED) is 0.820. The zero-order valence-corrected chi connectivity index (χ0v) is 14.2. The number of ether oxygens (including phenoxy) is 2. The van der Waals surface area contributed by atoms with Crippen LogP contribution in [-0.2, 0) is 22.6 Å². The molecule has 1 aliphatic rings. The SMILES string of the molecule is CCCOCc1ccccc1CNC(=O)N1CCOCC[C@H]1C. The van der Waals surface area contributed by atoms with Gasteiger partial charge in [-0.1, -0.05) is 31.2 Å². The summed E-state index contributed by atoms with van der Waals surface area (Å²) in [7, 11) is 0. The number of benzene rings is 1. The monoisotopic (exact) mass is 320 g/mol. The van der Waals surface area contributed by atoms with Gasteiger partial charge < -0.3 is 19.7 Å². The number of urea groups is 1. The molecule has 5 nitrogen and oxygen atoms in total. The van der Waals surface area contributed by atoms with E-state index >= 15 is 0 Å². The van der Waals surface area contributed by atoms with Crippen molar-refractivity contribution in [3.63, 3.8) is 0 Å². The first-order chi connectivity index (χ1) is 11.2. The van der Waals surface area contributed by atoms with E-state index in [9.17, 15) is 4.79 Å². The summed E-state index contributed by atoms with van der Waals surface area (Å²) in [6, 6.07) is 8.28. The fourth-order valence-corrected chi connectivity index (χ4v) is 2.67. The predicted octanol–water partition coefficient (Wildman–Crippen LogP) is 2.93. The maximum absolute atomic E-state index is 12.4. The van der Waals surface area contributed by atoms with Gasteiger partial charge in [-0.05, 0) is 30.9 Å². The summed E-state index contributed by atoms with van der Waals surface area (Å²) in [6.45, 7) is 8.02. The van der Waals surface area contributed by atoms with Gasteiger partial charge in [0.25, 0.3) is 0 Å². The second kappa shape index (κ2) is 9.53. The molecule has 5 heteroatoms. The Hall–Kier alpha value is -1.59. The molecule has 0 unspecified atom stereocenters. The van der Waals surface area contributed by atoms with Gasteiger partial charge in [-0.3, -0.25) is 0 Å². The van der Waals surface area contributed by atoms with Crippen LogP contribution in [0.1, 0.15) is 37.8 Å². The van der Waals surface area contributed by atoms with Crippen molar-refractivity contribution < 1.29 is 14.3 Å². The zero-order valence-electron chi connectivity index (χ0n) is 14.2. The van der Waals surface area contributed by atoms with Gasteiger partial charge in [-0.15, -0.1) is 0 Å². The van der Waals surface area contributed by atoms with E-state index in [0.717, 1.165) is 37.2 Å². The van der Waals surface area contributed by atoms with Crippen molar-refractivity contribution in [1.82, 2.24) is 10.2 Å². The fourth-order valence-electron chi connectivity index (χ4n) is 2.67. The lowest BCUT2D eigenvalue weighted by atomic mass is 10.1. The van der Waals surface area contributed by atoms with Crippen molar-refractivity contribution in [2.45, 2.75) is 45.9 Å². The standard InChI is InChI=1S/C18H28N2O3/c1-3-10-23-14-17-7-5-4-6-16(17)13-19-18(21)20-9-12-22-11-8-15(20)2/h4-7,15H,3,8-14H2,1-2H3,(H,19,21)/t15-/m1/s1. The molecule has 0 spiro atoms. The molecule has 0 aromatic heterocycles. The van der Waals surface area contributed by atoms with Gasteiger partial charge in [0.05, 0.1) is 13.2 Å². The number of rotatable bonds is 6.